The molecule has 3 aromatic carbocycles. The first-order chi connectivity index (χ1) is 17.5. The fraction of sp³-hybridized carbons (Fsp3) is 0.355. The molecule has 0 saturated heterocycles. The second-order valence-electron chi connectivity index (χ2n) is 9.52. The molecule has 0 spiro atoms. The maximum absolute atomic E-state index is 14.5. The number of hydrogen-bond donors (Lipinski definition) is 0. The lowest BCUT2D eigenvalue weighted by Gasteiger charge is -2.29. The minimum absolute atomic E-state index is 0.0664. The van der Waals surface area contributed by atoms with E-state index >= 15 is 0 Å². The van der Waals surface area contributed by atoms with Crippen LogP contribution >= 0.6 is 0 Å². The van der Waals surface area contributed by atoms with Gasteiger partial charge >= 0.3 is 0 Å². The molecule has 0 atom stereocenters. The number of halogens is 4. The van der Waals surface area contributed by atoms with Gasteiger partial charge in [0, 0.05) is 5.56 Å². The average Bonchev–Trinajstić information content (AvgIpc) is 2.91. The van der Waals surface area contributed by atoms with E-state index < -0.39 is 24.1 Å². The molecule has 1 fully saturated rings. The van der Waals surface area contributed by atoms with Crippen molar-refractivity contribution in [3.63, 3.8) is 0 Å². The van der Waals surface area contributed by atoms with Gasteiger partial charge < -0.3 is 4.74 Å². The Morgan fingerprint density at radius 2 is 1.58 bits per heavy atom. The summed E-state index contributed by atoms with van der Waals surface area (Å²) in [6.07, 6.45) is 7.87. The van der Waals surface area contributed by atoms with Crippen molar-refractivity contribution in [1.82, 2.24) is 0 Å². The number of allylic oxidation sites excluding steroid dienone is 1. The van der Waals surface area contributed by atoms with E-state index in [9.17, 15) is 17.6 Å². The SMILES string of the molecule is CCOc1ccc(-c2ccc(CCC3CCC(c4ccc(C=C(F)CF)cc4)CC3)cc2)c(F)c1F. The molecule has 0 N–H and O–H groups in total. The highest BCUT2D eigenvalue weighted by molar-refractivity contribution is 5.65. The number of hydrogen-bond acceptors (Lipinski definition) is 1. The summed E-state index contributed by atoms with van der Waals surface area (Å²) < 4.78 is 59.3. The van der Waals surface area contributed by atoms with Crippen LogP contribution in [0.1, 0.15) is 61.6 Å². The Kier molecular flexibility index (Phi) is 8.84. The normalized spacial score (nSPS) is 18.3. The number of rotatable bonds is 9. The van der Waals surface area contributed by atoms with Crippen LogP contribution in [0.25, 0.3) is 17.2 Å². The molecule has 190 valence electrons. The fourth-order valence-electron chi connectivity index (χ4n) is 5.11. The molecule has 4 rings (SSSR count). The lowest BCUT2D eigenvalue weighted by atomic mass is 9.77. The topological polar surface area (TPSA) is 9.23 Å². The van der Waals surface area contributed by atoms with Crippen molar-refractivity contribution in [2.75, 3.05) is 13.3 Å². The largest absolute Gasteiger partial charge is 0.491 e. The Morgan fingerprint density at radius 3 is 2.22 bits per heavy atom. The van der Waals surface area contributed by atoms with Crippen molar-refractivity contribution in [1.29, 1.82) is 0 Å². The summed E-state index contributed by atoms with van der Waals surface area (Å²) in [5.41, 5.74) is 4.02. The molecular weight excluding hydrogens is 464 g/mol. The molecule has 0 unspecified atom stereocenters. The predicted molar refractivity (Wildman–Crippen MR) is 137 cm³/mol. The van der Waals surface area contributed by atoms with Crippen molar-refractivity contribution in [2.24, 2.45) is 5.92 Å². The van der Waals surface area contributed by atoms with Gasteiger partial charge in [0.05, 0.1) is 6.61 Å². The van der Waals surface area contributed by atoms with E-state index in [0.29, 0.717) is 23.0 Å². The van der Waals surface area contributed by atoms with Crippen LogP contribution in [0.2, 0.25) is 0 Å². The first-order valence-electron chi connectivity index (χ1n) is 12.7. The second-order valence-corrected chi connectivity index (χ2v) is 9.52. The predicted octanol–water partition coefficient (Wildman–Crippen LogP) is 9.22. The van der Waals surface area contributed by atoms with Gasteiger partial charge in [0.2, 0.25) is 5.82 Å². The number of benzene rings is 3. The number of aryl methyl sites for hydroxylation is 1. The molecule has 0 aromatic heterocycles. The van der Waals surface area contributed by atoms with Crippen molar-refractivity contribution in [3.05, 3.63) is 94.8 Å². The van der Waals surface area contributed by atoms with E-state index in [4.69, 9.17) is 4.74 Å². The van der Waals surface area contributed by atoms with Gasteiger partial charge in [0.1, 0.15) is 12.5 Å². The Balaban J connectivity index is 1.28. The molecule has 0 amide bonds. The first kappa shape index (κ1) is 26.0. The first-order valence-corrected chi connectivity index (χ1v) is 12.7. The summed E-state index contributed by atoms with van der Waals surface area (Å²) in [6.45, 7) is 0.939. The van der Waals surface area contributed by atoms with Gasteiger partial charge in [-0.25, -0.2) is 13.2 Å². The van der Waals surface area contributed by atoms with Crippen LogP contribution in [0, 0.1) is 17.6 Å². The fourth-order valence-corrected chi connectivity index (χ4v) is 5.11. The van der Waals surface area contributed by atoms with Crippen LogP contribution in [0.4, 0.5) is 17.6 Å². The minimum Gasteiger partial charge on any atom is -0.491 e. The molecule has 36 heavy (non-hydrogen) atoms. The summed E-state index contributed by atoms with van der Waals surface area (Å²) in [5.74, 6) is -1.48. The Morgan fingerprint density at radius 1 is 0.889 bits per heavy atom. The maximum Gasteiger partial charge on any atom is 0.201 e. The molecule has 0 aliphatic heterocycles. The molecule has 5 heteroatoms. The molecular formula is C31H32F4O. The molecule has 0 heterocycles. The Bertz CT molecular complexity index is 1160. The summed E-state index contributed by atoms with van der Waals surface area (Å²) >= 11 is 0. The smallest absolute Gasteiger partial charge is 0.201 e. The van der Waals surface area contributed by atoms with Crippen molar-refractivity contribution >= 4 is 6.08 Å². The molecule has 0 radical (unpaired) electrons. The van der Waals surface area contributed by atoms with E-state index in [1.165, 1.54) is 23.3 Å². The van der Waals surface area contributed by atoms with Crippen LogP contribution < -0.4 is 4.74 Å². The van der Waals surface area contributed by atoms with Gasteiger partial charge in [-0.1, -0.05) is 48.5 Å². The van der Waals surface area contributed by atoms with Crippen LogP contribution in [0.5, 0.6) is 5.75 Å². The lowest BCUT2D eigenvalue weighted by molar-refractivity contribution is 0.310. The molecule has 3 aromatic rings. The molecule has 1 nitrogen and oxygen atoms in total. The van der Waals surface area contributed by atoms with Crippen LogP contribution in [0.3, 0.4) is 0 Å². The number of ether oxygens (including phenoxy) is 1. The third-order valence-corrected chi connectivity index (χ3v) is 7.16. The Hall–Kier alpha value is -3.08. The van der Waals surface area contributed by atoms with Crippen molar-refractivity contribution in [2.45, 2.75) is 51.4 Å². The van der Waals surface area contributed by atoms with Gasteiger partial charge in [-0.15, -0.1) is 0 Å². The molecule has 1 aliphatic rings. The molecule has 0 bridgehead atoms. The van der Waals surface area contributed by atoms with Crippen LogP contribution in [-0.4, -0.2) is 13.3 Å². The van der Waals surface area contributed by atoms with Crippen LogP contribution in [0.15, 0.2) is 66.5 Å². The zero-order valence-electron chi connectivity index (χ0n) is 20.6. The monoisotopic (exact) mass is 496 g/mol. The average molecular weight is 497 g/mol. The zero-order chi connectivity index (χ0) is 25.5. The van der Waals surface area contributed by atoms with E-state index in [0.717, 1.165) is 38.5 Å². The highest BCUT2D eigenvalue weighted by Gasteiger charge is 2.22. The maximum atomic E-state index is 14.5. The highest BCUT2D eigenvalue weighted by atomic mass is 19.2. The van der Waals surface area contributed by atoms with E-state index in [1.807, 2.05) is 48.5 Å². The van der Waals surface area contributed by atoms with Crippen molar-refractivity contribution in [3.8, 4) is 16.9 Å². The van der Waals surface area contributed by atoms with Gasteiger partial charge in [0.15, 0.2) is 11.6 Å². The third kappa shape index (κ3) is 6.37. The molecule has 1 aliphatic carbocycles. The van der Waals surface area contributed by atoms with Gasteiger partial charge in [-0.3, -0.25) is 0 Å². The minimum atomic E-state index is -1.07. The van der Waals surface area contributed by atoms with Gasteiger partial charge in [-0.05, 0) is 97.7 Å². The van der Waals surface area contributed by atoms with Gasteiger partial charge in [-0.2, -0.15) is 4.39 Å². The van der Waals surface area contributed by atoms with Crippen molar-refractivity contribution < 1.29 is 22.3 Å². The van der Waals surface area contributed by atoms with Crippen LogP contribution in [-0.2, 0) is 6.42 Å². The Labute approximate surface area is 210 Å². The third-order valence-electron chi connectivity index (χ3n) is 7.16. The molecule has 1 saturated carbocycles. The van der Waals surface area contributed by atoms with E-state index in [2.05, 4.69) is 0 Å². The van der Waals surface area contributed by atoms with E-state index in [-0.39, 0.29) is 17.9 Å². The van der Waals surface area contributed by atoms with E-state index in [1.54, 1.807) is 13.0 Å². The zero-order valence-corrected chi connectivity index (χ0v) is 20.6. The second kappa shape index (κ2) is 12.2. The number of alkyl halides is 1. The lowest BCUT2D eigenvalue weighted by Crippen LogP contribution is -2.14. The standard InChI is InChI=1S/C31H32F4O/c1-2-36-29-18-17-28(30(34)31(29)35)26-15-7-22(8-16-26)4-3-21-5-11-24(12-6-21)25-13-9-23(10-14-25)19-27(33)20-32/h7-10,13-19,21,24H,2-6,11-12,20H2,1H3. The summed E-state index contributed by atoms with van der Waals surface area (Å²) in [6, 6.07) is 18.5. The highest BCUT2D eigenvalue weighted by Crippen LogP contribution is 2.38. The summed E-state index contributed by atoms with van der Waals surface area (Å²) in [5, 5.41) is 0. The summed E-state index contributed by atoms with van der Waals surface area (Å²) in [7, 11) is 0. The quantitative estimate of drug-likeness (QED) is 0.268. The summed E-state index contributed by atoms with van der Waals surface area (Å²) in [4.78, 5) is 0. The van der Waals surface area contributed by atoms with Gasteiger partial charge in [0.25, 0.3) is 0 Å².